The van der Waals surface area contributed by atoms with Crippen LogP contribution in [0.4, 0.5) is 23.0 Å². The number of carbonyl (C=O) groups excluding carboxylic acids is 1. The van der Waals surface area contributed by atoms with Gasteiger partial charge < -0.3 is 16.4 Å². The predicted molar refractivity (Wildman–Crippen MR) is 136 cm³/mol. The summed E-state index contributed by atoms with van der Waals surface area (Å²) in [4.78, 5) is 18.2. The minimum Gasteiger partial charge on any atom is -0.382 e. The van der Waals surface area contributed by atoms with E-state index in [1.807, 2.05) is 79.7 Å². The standard InChI is InChI=1S/C27H21N7O/c1-17-12-14-18(15-13-17)23-21(16-28)24(29)34-26(32-23)22(27(35)31-20-10-6-3-7-11-20)25(33-34)30-19-8-4-2-5-9-19/h2-15H,29H2,1H3,(H,30,33)(H,31,35). The number of hydrogen-bond donors (Lipinski definition) is 3. The van der Waals surface area contributed by atoms with E-state index >= 15 is 0 Å². The summed E-state index contributed by atoms with van der Waals surface area (Å²) >= 11 is 0. The number of aryl methyl sites for hydroxylation is 1. The number of nitrogens with one attached hydrogen (secondary N) is 2. The second-order valence-electron chi connectivity index (χ2n) is 7.97. The molecule has 3 aromatic carbocycles. The summed E-state index contributed by atoms with van der Waals surface area (Å²) in [5.74, 6) is -0.0344. The number of amides is 1. The van der Waals surface area contributed by atoms with E-state index in [-0.39, 0.29) is 28.4 Å². The van der Waals surface area contributed by atoms with Gasteiger partial charge in [-0.1, -0.05) is 66.2 Å². The van der Waals surface area contributed by atoms with Crippen LogP contribution in [0.25, 0.3) is 16.9 Å². The lowest BCUT2D eigenvalue weighted by Crippen LogP contribution is -2.14. The Morgan fingerprint density at radius 3 is 2.20 bits per heavy atom. The predicted octanol–water partition coefficient (Wildman–Crippen LogP) is 5.15. The van der Waals surface area contributed by atoms with Gasteiger partial charge in [-0.05, 0) is 31.2 Å². The first-order valence-electron chi connectivity index (χ1n) is 10.9. The Hall–Kier alpha value is -5.16. The Bertz CT molecular complexity index is 1570. The van der Waals surface area contributed by atoms with Gasteiger partial charge in [0.15, 0.2) is 11.5 Å². The van der Waals surface area contributed by atoms with E-state index in [1.165, 1.54) is 4.52 Å². The summed E-state index contributed by atoms with van der Waals surface area (Å²) in [5.41, 5.74) is 10.6. The number of nitriles is 1. The van der Waals surface area contributed by atoms with Gasteiger partial charge in [-0.2, -0.15) is 9.78 Å². The van der Waals surface area contributed by atoms with Crippen molar-refractivity contribution in [2.45, 2.75) is 6.92 Å². The normalized spacial score (nSPS) is 10.6. The maximum absolute atomic E-state index is 13.5. The topological polar surface area (TPSA) is 121 Å². The molecule has 4 N–H and O–H groups in total. The van der Waals surface area contributed by atoms with Crippen LogP contribution in [-0.2, 0) is 0 Å². The van der Waals surface area contributed by atoms with Crippen LogP contribution in [-0.4, -0.2) is 20.5 Å². The highest BCUT2D eigenvalue weighted by molar-refractivity contribution is 6.12. The molecule has 2 heterocycles. The second kappa shape index (κ2) is 9.00. The molecule has 0 atom stereocenters. The molecule has 2 aromatic heterocycles. The molecule has 0 saturated carbocycles. The van der Waals surface area contributed by atoms with Crippen LogP contribution in [0.2, 0.25) is 0 Å². The lowest BCUT2D eigenvalue weighted by molar-refractivity contribution is 0.102. The largest absolute Gasteiger partial charge is 0.382 e. The number of benzene rings is 3. The van der Waals surface area contributed by atoms with Gasteiger partial charge in [-0.15, -0.1) is 5.10 Å². The zero-order chi connectivity index (χ0) is 24.4. The molecule has 0 saturated heterocycles. The van der Waals surface area contributed by atoms with Crippen LogP contribution in [0, 0.1) is 18.3 Å². The SMILES string of the molecule is Cc1ccc(-c2nc3c(C(=O)Nc4ccccc4)c(Nc4ccccc4)nn3c(N)c2C#N)cc1. The quantitative estimate of drug-likeness (QED) is 0.334. The van der Waals surface area contributed by atoms with Crippen molar-refractivity contribution in [2.75, 3.05) is 16.4 Å². The minimum atomic E-state index is -0.406. The van der Waals surface area contributed by atoms with Crippen molar-refractivity contribution in [1.29, 1.82) is 5.26 Å². The van der Waals surface area contributed by atoms with E-state index in [0.29, 0.717) is 11.4 Å². The molecular formula is C27H21N7O. The third-order valence-corrected chi connectivity index (χ3v) is 5.53. The van der Waals surface area contributed by atoms with Crippen molar-refractivity contribution in [3.63, 3.8) is 0 Å². The number of rotatable bonds is 5. The van der Waals surface area contributed by atoms with Gasteiger partial charge in [-0.3, -0.25) is 4.79 Å². The third-order valence-electron chi connectivity index (χ3n) is 5.53. The molecule has 0 unspecified atom stereocenters. The van der Waals surface area contributed by atoms with Gasteiger partial charge in [0.1, 0.15) is 23.0 Å². The van der Waals surface area contributed by atoms with Crippen molar-refractivity contribution in [1.82, 2.24) is 14.6 Å². The maximum Gasteiger partial charge on any atom is 0.263 e. The Morgan fingerprint density at radius 2 is 1.57 bits per heavy atom. The van der Waals surface area contributed by atoms with Crippen LogP contribution < -0.4 is 16.4 Å². The maximum atomic E-state index is 13.5. The van der Waals surface area contributed by atoms with Crippen LogP contribution in [0.3, 0.4) is 0 Å². The first kappa shape index (κ1) is 21.7. The summed E-state index contributed by atoms with van der Waals surface area (Å²) in [6.07, 6.45) is 0. The summed E-state index contributed by atoms with van der Waals surface area (Å²) < 4.78 is 1.33. The first-order chi connectivity index (χ1) is 17.0. The number of carbonyl (C=O) groups is 1. The van der Waals surface area contributed by atoms with Gasteiger partial charge in [0, 0.05) is 16.9 Å². The van der Waals surface area contributed by atoms with E-state index in [2.05, 4.69) is 21.8 Å². The Labute approximate surface area is 201 Å². The molecule has 170 valence electrons. The van der Waals surface area contributed by atoms with Crippen molar-refractivity contribution in [2.24, 2.45) is 0 Å². The van der Waals surface area contributed by atoms with E-state index in [9.17, 15) is 10.1 Å². The highest BCUT2D eigenvalue weighted by Gasteiger charge is 2.26. The zero-order valence-electron chi connectivity index (χ0n) is 18.9. The van der Waals surface area contributed by atoms with Gasteiger partial charge in [0.25, 0.3) is 5.91 Å². The van der Waals surface area contributed by atoms with E-state index < -0.39 is 5.91 Å². The second-order valence-corrected chi connectivity index (χ2v) is 7.97. The molecule has 1 amide bonds. The average molecular weight is 460 g/mol. The average Bonchev–Trinajstić information content (AvgIpc) is 3.24. The van der Waals surface area contributed by atoms with E-state index in [0.717, 1.165) is 16.8 Å². The molecule has 0 spiro atoms. The fraction of sp³-hybridized carbons (Fsp3) is 0.0370. The van der Waals surface area contributed by atoms with Crippen LogP contribution >= 0.6 is 0 Å². The molecule has 0 fully saturated rings. The summed E-state index contributed by atoms with van der Waals surface area (Å²) in [7, 11) is 0. The number of anilines is 4. The van der Waals surface area contributed by atoms with Crippen molar-refractivity contribution < 1.29 is 4.79 Å². The number of aromatic nitrogens is 3. The molecule has 0 aliphatic rings. The molecule has 0 aliphatic carbocycles. The smallest absolute Gasteiger partial charge is 0.263 e. The Kier molecular flexibility index (Phi) is 5.57. The summed E-state index contributed by atoms with van der Waals surface area (Å²) in [5, 5.41) is 20.5. The number of nitrogen functional groups attached to an aromatic ring is 1. The summed E-state index contributed by atoms with van der Waals surface area (Å²) in [6, 6.07) is 28.2. The molecule has 35 heavy (non-hydrogen) atoms. The van der Waals surface area contributed by atoms with Gasteiger partial charge in [-0.25, -0.2) is 4.98 Å². The first-order valence-corrected chi connectivity index (χ1v) is 10.9. The highest BCUT2D eigenvalue weighted by Crippen LogP contribution is 2.32. The number of fused-ring (bicyclic) bond motifs is 1. The lowest BCUT2D eigenvalue weighted by atomic mass is 10.1. The molecule has 0 aliphatic heterocycles. The van der Waals surface area contributed by atoms with Crippen molar-refractivity contribution in [3.05, 3.63) is 102 Å². The number of para-hydroxylation sites is 2. The lowest BCUT2D eigenvalue weighted by Gasteiger charge is -2.10. The number of nitrogens with zero attached hydrogens (tertiary/aromatic N) is 4. The highest BCUT2D eigenvalue weighted by atomic mass is 16.1. The fourth-order valence-electron chi connectivity index (χ4n) is 3.77. The molecule has 0 radical (unpaired) electrons. The van der Waals surface area contributed by atoms with Crippen LogP contribution in [0.5, 0.6) is 0 Å². The van der Waals surface area contributed by atoms with Gasteiger partial charge in [0.05, 0.1) is 5.69 Å². The van der Waals surface area contributed by atoms with Crippen LogP contribution in [0.1, 0.15) is 21.5 Å². The Morgan fingerprint density at radius 1 is 0.943 bits per heavy atom. The molecule has 5 rings (SSSR count). The monoisotopic (exact) mass is 459 g/mol. The van der Waals surface area contributed by atoms with Crippen LogP contribution in [0.15, 0.2) is 84.9 Å². The van der Waals surface area contributed by atoms with Crippen molar-refractivity contribution >= 4 is 34.6 Å². The van der Waals surface area contributed by atoms with Crippen molar-refractivity contribution in [3.8, 4) is 17.3 Å². The number of hydrogen-bond acceptors (Lipinski definition) is 6. The van der Waals surface area contributed by atoms with E-state index in [4.69, 9.17) is 10.7 Å². The van der Waals surface area contributed by atoms with Gasteiger partial charge >= 0.3 is 0 Å². The fourth-order valence-corrected chi connectivity index (χ4v) is 3.77. The molecule has 8 heteroatoms. The molecular weight excluding hydrogens is 438 g/mol. The molecule has 5 aromatic rings. The van der Waals surface area contributed by atoms with E-state index in [1.54, 1.807) is 12.1 Å². The summed E-state index contributed by atoms with van der Waals surface area (Å²) in [6.45, 7) is 1.98. The zero-order valence-corrected chi connectivity index (χ0v) is 18.9. The van der Waals surface area contributed by atoms with Gasteiger partial charge in [0.2, 0.25) is 0 Å². The number of nitrogens with two attached hydrogens (primary N) is 1. The molecule has 0 bridgehead atoms. The minimum absolute atomic E-state index is 0.1000. The molecule has 8 nitrogen and oxygen atoms in total. The Balaban J connectivity index is 1.73. The third kappa shape index (κ3) is 4.14.